The van der Waals surface area contributed by atoms with E-state index >= 15 is 0 Å². The molecular weight excluding hydrogens is 571 g/mol. The minimum absolute atomic E-state index is 0.494. The highest BCUT2D eigenvalue weighted by Gasteiger charge is 2.51. The number of rotatable bonds is 2. The summed E-state index contributed by atoms with van der Waals surface area (Å²) < 4.78 is 0. The van der Waals surface area contributed by atoms with E-state index in [2.05, 4.69) is 120 Å². The van der Waals surface area contributed by atoms with Crippen molar-refractivity contribution < 1.29 is 0 Å². The molecule has 10 rings (SSSR count). The van der Waals surface area contributed by atoms with Gasteiger partial charge in [0.2, 0.25) is 0 Å². The predicted octanol–water partition coefficient (Wildman–Crippen LogP) is 10.3. The first-order valence-corrected chi connectivity index (χ1v) is 15.9. The monoisotopic (exact) mass is 595 g/mol. The van der Waals surface area contributed by atoms with Gasteiger partial charge in [-0.05, 0) is 115 Å². The van der Waals surface area contributed by atoms with Crippen LogP contribution < -0.4 is 0 Å². The third-order valence-corrected chi connectivity index (χ3v) is 10.2. The molecule has 2 aliphatic carbocycles. The van der Waals surface area contributed by atoms with Crippen molar-refractivity contribution in [2.75, 3.05) is 0 Å². The van der Waals surface area contributed by atoms with Gasteiger partial charge in [0.05, 0.1) is 22.6 Å². The lowest BCUT2D eigenvalue weighted by Gasteiger charge is -2.31. The van der Waals surface area contributed by atoms with E-state index in [1.54, 1.807) is 0 Å². The van der Waals surface area contributed by atoms with E-state index in [-0.39, 0.29) is 0 Å². The Labute approximate surface area is 272 Å². The van der Waals surface area contributed by atoms with Gasteiger partial charge in [0.25, 0.3) is 0 Å². The van der Waals surface area contributed by atoms with Crippen LogP contribution in [0.25, 0.3) is 66.2 Å². The summed E-state index contributed by atoms with van der Waals surface area (Å²) >= 11 is 0. The van der Waals surface area contributed by atoms with Crippen LogP contribution in [0, 0.1) is 11.3 Å². The highest BCUT2D eigenvalue weighted by molar-refractivity contribution is 6.12. The number of nitrogens with zero attached hydrogens (tertiary/aromatic N) is 3. The van der Waals surface area contributed by atoms with Gasteiger partial charge in [-0.1, -0.05) is 91.0 Å². The lowest BCUT2D eigenvalue weighted by atomic mass is 9.70. The highest BCUT2D eigenvalue weighted by atomic mass is 14.7. The fraction of sp³-hybridized carbons (Fsp3) is 0.0227. The average molecular weight is 596 g/mol. The summed E-state index contributed by atoms with van der Waals surface area (Å²) in [7, 11) is 0. The molecule has 0 N–H and O–H groups in total. The molecule has 0 aliphatic heterocycles. The maximum Gasteiger partial charge on any atom is 0.0991 e. The van der Waals surface area contributed by atoms with Crippen LogP contribution in [0.15, 0.2) is 152 Å². The lowest BCUT2D eigenvalue weighted by molar-refractivity contribution is 0.794. The summed E-state index contributed by atoms with van der Waals surface area (Å²) in [6.45, 7) is 0. The quantitative estimate of drug-likeness (QED) is 0.187. The minimum Gasteiger partial charge on any atom is -0.264 e. The largest absolute Gasteiger partial charge is 0.264 e. The summed E-state index contributed by atoms with van der Waals surface area (Å²) in [4.78, 5) is 9.20. The van der Waals surface area contributed by atoms with Gasteiger partial charge in [0.1, 0.15) is 0 Å². The van der Waals surface area contributed by atoms with Crippen LogP contribution in [-0.4, -0.2) is 9.97 Å². The molecule has 1 spiro atoms. The molecule has 47 heavy (non-hydrogen) atoms. The molecule has 3 nitrogen and oxygen atoms in total. The van der Waals surface area contributed by atoms with E-state index in [1.165, 1.54) is 55.6 Å². The number of aromatic nitrogens is 2. The first-order valence-electron chi connectivity index (χ1n) is 15.9. The molecule has 0 bridgehead atoms. The SMILES string of the molecule is N#Cc1cccc(-c2ccc3c(c2)C2(c4ccccc4-c4ccccc42)c2cc(-c4cc5cccnc5c5cnccc45)ccc2-3)c1. The Kier molecular flexibility index (Phi) is 5.27. The van der Waals surface area contributed by atoms with Gasteiger partial charge in [0.15, 0.2) is 0 Å². The summed E-state index contributed by atoms with van der Waals surface area (Å²) in [6, 6.07) is 50.4. The normalized spacial score (nSPS) is 13.3. The molecular formula is C44H25N3. The topological polar surface area (TPSA) is 49.6 Å². The van der Waals surface area contributed by atoms with Crippen molar-refractivity contribution in [3.63, 3.8) is 0 Å². The fourth-order valence-electron chi connectivity index (χ4n) is 8.30. The molecule has 0 atom stereocenters. The maximum atomic E-state index is 9.66. The standard InChI is InChI=1S/C44H25N3/c45-25-27-7-5-8-28(21-27)29-14-16-35-36-17-15-30(37-22-31-9-6-19-47-43(31)38-26-46-20-18-32(37)38)24-42(36)44(41(35)23-29)39-12-3-1-10-33(39)34-11-2-4-13-40(34)44/h1-24,26H. The first-order chi connectivity index (χ1) is 23.3. The van der Waals surface area contributed by atoms with Crippen LogP contribution in [0.3, 0.4) is 0 Å². The molecule has 0 radical (unpaired) electrons. The van der Waals surface area contributed by atoms with Crippen LogP contribution in [0.5, 0.6) is 0 Å². The van der Waals surface area contributed by atoms with E-state index < -0.39 is 5.41 Å². The van der Waals surface area contributed by atoms with E-state index in [0.717, 1.165) is 32.8 Å². The number of benzene rings is 6. The molecule has 0 fully saturated rings. The van der Waals surface area contributed by atoms with Gasteiger partial charge >= 0.3 is 0 Å². The Hall–Kier alpha value is -6.37. The lowest BCUT2D eigenvalue weighted by Crippen LogP contribution is -2.26. The fourth-order valence-corrected chi connectivity index (χ4v) is 8.30. The molecule has 8 aromatic rings. The van der Waals surface area contributed by atoms with Crippen molar-refractivity contribution in [2.45, 2.75) is 5.41 Å². The van der Waals surface area contributed by atoms with E-state index in [0.29, 0.717) is 5.56 Å². The molecule has 0 unspecified atom stereocenters. The number of pyridine rings is 2. The summed E-state index contributed by atoms with van der Waals surface area (Å²) in [6.07, 6.45) is 5.66. The molecule has 3 heteroatoms. The molecule has 2 aliphatic rings. The van der Waals surface area contributed by atoms with Crippen molar-refractivity contribution in [2.24, 2.45) is 0 Å². The van der Waals surface area contributed by atoms with Gasteiger partial charge in [-0.15, -0.1) is 0 Å². The van der Waals surface area contributed by atoms with Gasteiger partial charge < -0.3 is 0 Å². The first kappa shape index (κ1) is 25.9. The maximum absolute atomic E-state index is 9.66. The van der Waals surface area contributed by atoms with Crippen LogP contribution in [0.1, 0.15) is 27.8 Å². The Balaban J connectivity index is 1.30. The third kappa shape index (κ3) is 3.44. The smallest absolute Gasteiger partial charge is 0.0991 e. The predicted molar refractivity (Wildman–Crippen MR) is 189 cm³/mol. The zero-order valence-electron chi connectivity index (χ0n) is 25.3. The molecule has 0 amide bonds. The summed E-state index contributed by atoms with van der Waals surface area (Å²) in [5, 5.41) is 13.0. The van der Waals surface area contributed by atoms with E-state index in [4.69, 9.17) is 4.98 Å². The van der Waals surface area contributed by atoms with Gasteiger partial charge in [-0.2, -0.15) is 5.26 Å². The van der Waals surface area contributed by atoms with E-state index in [1.807, 2.05) is 42.9 Å². The number of nitriles is 1. The highest BCUT2D eigenvalue weighted by Crippen LogP contribution is 2.63. The molecule has 2 heterocycles. The van der Waals surface area contributed by atoms with Crippen molar-refractivity contribution in [1.29, 1.82) is 5.26 Å². The molecule has 216 valence electrons. The summed E-state index contributed by atoms with van der Waals surface area (Å²) in [5.74, 6) is 0. The minimum atomic E-state index is -0.494. The molecule has 2 aromatic heterocycles. The second-order valence-electron chi connectivity index (χ2n) is 12.5. The molecule has 6 aromatic carbocycles. The Bertz CT molecular complexity index is 2610. The Morgan fingerprint density at radius 1 is 0.489 bits per heavy atom. The average Bonchev–Trinajstić information content (AvgIpc) is 3.61. The van der Waals surface area contributed by atoms with Crippen LogP contribution in [0.2, 0.25) is 0 Å². The third-order valence-electron chi connectivity index (χ3n) is 10.2. The van der Waals surface area contributed by atoms with Gasteiger partial charge in [0, 0.05) is 29.4 Å². The zero-order valence-corrected chi connectivity index (χ0v) is 25.3. The van der Waals surface area contributed by atoms with Crippen LogP contribution >= 0.6 is 0 Å². The van der Waals surface area contributed by atoms with Crippen molar-refractivity contribution in [3.8, 4) is 50.6 Å². The molecule has 0 saturated heterocycles. The van der Waals surface area contributed by atoms with E-state index in [9.17, 15) is 5.26 Å². The summed E-state index contributed by atoms with van der Waals surface area (Å²) in [5.41, 5.74) is 15.9. The number of fused-ring (bicyclic) bond motifs is 13. The van der Waals surface area contributed by atoms with Crippen LogP contribution in [-0.2, 0) is 5.41 Å². The second kappa shape index (κ2) is 9.57. The number of hydrogen-bond donors (Lipinski definition) is 0. The van der Waals surface area contributed by atoms with Crippen molar-refractivity contribution >= 4 is 21.7 Å². The Morgan fingerprint density at radius 3 is 1.94 bits per heavy atom. The second-order valence-corrected chi connectivity index (χ2v) is 12.5. The van der Waals surface area contributed by atoms with Gasteiger partial charge in [-0.3, -0.25) is 9.97 Å². The number of hydrogen-bond acceptors (Lipinski definition) is 3. The molecule has 0 saturated carbocycles. The zero-order chi connectivity index (χ0) is 31.1. The van der Waals surface area contributed by atoms with Crippen molar-refractivity contribution in [3.05, 3.63) is 180 Å². The van der Waals surface area contributed by atoms with Gasteiger partial charge in [-0.25, -0.2) is 0 Å². The Morgan fingerprint density at radius 2 is 1.17 bits per heavy atom. The van der Waals surface area contributed by atoms with Crippen molar-refractivity contribution in [1.82, 2.24) is 9.97 Å². The van der Waals surface area contributed by atoms with Crippen LogP contribution in [0.4, 0.5) is 0 Å².